The van der Waals surface area contributed by atoms with Crippen LogP contribution in [0.2, 0.25) is 0 Å². The molecule has 124 valence electrons. The molecule has 1 aliphatic carbocycles. The fourth-order valence-corrected chi connectivity index (χ4v) is 3.17. The minimum absolute atomic E-state index is 0.0742. The average Bonchev–Trinajstić information content (AvgIpc) is 2.55. The SMILES string of the molecule is COCCN1C[C@H](C(=O)NCCC2=CCCCC2)CCC1=O. The molecule has 2 amide bonds. The van der Waals surface area contributed by atoms with E-state index in [0.29, 0.717) is 39.1 Å². The van der Waals surface area contributed by atoms with Crippen molar-refractivity contribution in [3.63, 3.8) is 0 Å². The van der Waals surface area contributed by atoms with Crippen LogP contribution in [0.5, 0.6) is 0 Å². The molecule has 1 saturated heterocycles. The maximum absolute atomic E-state index is 12.3. The van der Waals surface area contributed by atoms with E-state index in [2.05, 4.69) is 11.4 Å². The summed E-state index contributed by atoms with van der Waals surface area (Å²) in [5, 5.41) is 3.04. The normalized spacial score (nSPS) is 22.4. The molecule has 0 radical (unpaired) electrons. The summed E-state index contributed by atoms with van der Waals surface area (Å²) in [6.45, 7) is 2.34. The topological polar surface area (TPSA) is 58.6 Å². The van der Waals surface area contributed by atoms with Gasteiger partial charge in [0.1, 0.15) is 0 Å². The molecule has 1 atom stereocenters. The Morgan fingerprint density at radius 2 is 2.27 bits per heavy atom. The molecule has 0 bridgehead atoms. The van der Waals surface area contributed by atoms with Gasteiger partial charge in [-0.15, -0.1) is 0 Å². The van der Waals surface area contributed by atoms with E-state index in [9.17, 15) is 9.59 Å². The quantitative estimate of drug-likeness (QED) is 0.731. The fraction of sp³-hybridized carbons (Fsp3) is 0.765. The summed E-state index contributed by atoms with van der Waals surface area (Å²) >= 11 is 0. The first-order chi connectivity index (χ1) is 10.7. The van der Waals surface area contributed by atoms with E-state index in [1.807, 2.05) is 0 Å². The van der Waals surface area contributed by atoms with Crippen LogP contribution in [0, 0.1) is 5.92 Å². The number of nitrogens with zero attached hydrogens (tertiary/aromatic N) is 1. The zero-order chi connectivity index (χ0) is 15.8. The molecule has 5 heteroatoms. The van der Waals surface area contributed by atoms with Crippen molar-refractivity contribution in [2.24, 2.45) is 5.92 Å². The van der Waals surface area contributed by atoms with E-state index < -0.39 is 0 Å². The molecule has 0 aromatic rings. The van der Waals surface area contributed by atoms with Gasteiger partial charge in [0, 0.05) is 33.2 Å². The number of hydrogen-bond acceptors (Lipinski definition) is 3. The van der Waals surface area contributed by atoms with Gasteiger partial charge in [-0.3, -0.25) is 9.59 Å². The maximum atomic E-state index is 12.3. The van der Waals surface area contributed by atoms with Crippen LogP contribution in [0.3, 0.4) is 0 Å². The summed E-state index contributed by atoms with van der Waals surface area (Å²) in [6, 6.07) is 0. The van der Waals surface area contributed by atoms with E-state index in [1.165, 1.54) is 31.3 Å². The number of piperidine rings is 1. The van der Waals surface area contributed by atoms with Crippen LogP contribution < -0.4 is 5.32 Å². The smallest absolute Gasteiger partial charge is 0.224 e. The van der Waals surface area contributed by atoms with Crippen molar-refractivity contribution in [1.82, 2.24) is 10.2 Å². The number of carbonyl (C=O) groups excluding carboxylic acids is 2. The Morgan fingerprint density at radius 3 is 3.00 bits per heavy atom. The van der Waals surface area contributed by atoms with Crippen LogP contribution in [-0.4, -0.2) is 50.1 Å². The first-order valence-corrected chi connectivity index (χ1v) is 8.43. The third-order valence-corrected chi connectivity index (χ3v) is 4.57. The van der Waals surface area contributed by atoms with Gasteiger partial charge in [0.25, 0.3) is 0 Å². The van der Waals surface area contributed by atoms with Crippen LogP contribution in [0.15, 0.2) is 11.6 Å². The van der Waals surface area contributed by atoms with Crippen molar-refractivity contribution in [3.8, 4) is 0 Å². The van der Waals surface area contributed by atoms with E-state index in [1.54, 1.807) is 12.0 Å². The van der Waals surface area contributed by atoms with Gasteiger partial charge in [0.15, 0.2) is 0 Å². The van der Waals surface area contributed by atoms with Crippen molar-refractivity contribution < 1.29 is 14.3 Å². The number of allylic oxidation sites excluding steroid dienone is 1. The van der Waals surface area contributed by atoms with Gasteiger partial charge in [-0.25, -0.2) is 0 Å². The second-order valence-corrected chi connectivity index (χ2v) is 6.22. The predicted molar refractivity (Wildman–Crippen MR) is 85.4 cm³/mol. The Hall–Kier alpha value is -1.36. The Balaban J connectivity index is 1.72. The number of nitrogens with one attached hydrogen (secondary N) is 1. The Labute approximate surface area is 133 Å². The second kappa shape index (κ2) is 8.93. The van der Waals surface area contributed by atoms with E-state index in [0.717, 1.165) is 6.42 Å². The number of methoxy groups -OCH3 is 1. The van der Waals surface area contributed by atoms with Crippen molar-refractivity contribution >= 4 is 11.8 Å². The monoisotopic (exact) mass is 308 g/mol. The molecule has 0 saturated carbocycles. The van der Waals surface area contributed by atoms with Crippen molar-refractivity contribution in [1.29, 1.82) is 0 Å². The average molecular weight is 308 g/mol. The van der Waals surface area contributed by atoms with Crippen LogP contribution >= 0.6 is 0 Å². The zero-order valence-electron chi connectivity index (χ0n) is 13.6. The summed E-state index contributed by atoms with van der Waals surface area (Å²) in [4.78, 5) is 25.8. The lowest BCUT2D eigenvalue weighted by atomic mass is 9.95. The number of hydrogen-bond donors (Lipinski definition) is 1. The maximum Gasteiger partial charge on any atom is 0.224 e. The van der Waals surface area contributed by atoms with Crippen molar-refractivity contribution in [2.45, 2.75) is 44.9 Å². The third-order valence-electron chi connectivity index (χ3n) is 4.57. The highest BCUT2D eigenvalue weighted by Gasteiger charge is 2.29. The standard InChI is InChI=1S/C17H28N2O3/c1-22-12-11-19-13-15(7-8-16(19)20)17(21)18-10-9-14-5-3-2-4-6-14/h5,15H,2-4,6-13H2,1H3,(H,18,21)/t15-/m1/s1. The molecule has 0 spiro atoms. The highest BCUT2D eigenvalue weighted by molar-refractivity contribution is 5.83. The second-order valence-electron chi connectivity index (χ2n) is 6.22. The van der Waals surface area contributed by atoms with Crippen molar-refractivity contribution in [3.05, 3.63) is 11.6 Å². The summed E-state index contributed by atoms with van der Waals surface area (Å²) in [7, 11) is 1.62. The lowest BCUT2D eigenvalue weighted by molar-refractivity contribution is -0.138. The summed E-state index contributed by atoms with van der Waals surface area (Å²) in [5.41, 5.74) is 1.48. The minimum Gasteiger partial charge on any atom is -0.383 e. The molecule has 1 heterocycles. The lowest BCUT2D eigenvalue weighted by Gasteiger charge is -2.31. The molecular formula is C17H28N2O3. The molecule has 1 N–H and O–H groups in total. The van der Waals surface area contributed by atoms with Crippen LogP contribution in [0.4, 0.5) is 0 Å². The molecule has 1 fully saturated rings. The van der Waals surface area contributed by atoms with Crippen LogP contribution in [0.1, 0.15) is 44.9 Å². The molecular weight excluding hydrogens is 280 g/mol. The Bertz CT molecular complexity index is 420. The highest BCUT2D eigenvalue weighted by atomic mass is 16.5. The minimum atomic E-state index is -0.0742. The van der Waals surface area contributed by atoms with Gasteiger partial charge in [0.2, 0.25) is 11.8 Å². The number of ether oxygens (including phenoxy) is 1. The van der Waals surface area contributed by atoms with Gasteiger partial charge < -0.3 is 15.0 Å². The summed E-state index contributed by atoms with van der Waals surface area (Å²) in [5.74, 6) is 0.148. The molecule has 1 aliphatic heterocycles. The van der Waals surface area contributed by atoms with Gasteiger partial charge in [0.05, 0.1) is 12.5 Å². The predicted octanol–water partition coefficient (Wildman–Crippen LogP) is 1.88. The van der Waals surface area contributed by atoms with E-state index in [-0.39, 0.29) is 17.7 Å². The highest BCUT2D eigenvalue weighted by Crippen LogP contribution is 2.20. The number of rotatable bonds is 7. The van der Waals surface area contributed by atoms with Gasteiger partial charge in [-0.05, 0) is 38.5 Å². The van der Waals surface area contributed by atoms with Crippen LogP contribution in [-0.2, 0) is 14.3 Å². The molecule has 2 aliphatic rings. The van der Waals surface area contributed by atoms with Gasteiger partial charge >= 0.3 is 0 Å². The zero-order valence-corrected chi connectivity index (χ0v) is 13.6. The van der Waals surface area contributed by atoms with Gasteiger partial charge in [-0.1, -0.05) is 11.6 Å². The van der Waals surface area contributed by atoms with E-state index in [4.69, 9.17) is 4.74 Å². The molecule has 0 aromatic heterocycles. The largest absolute Gasteiger partial charge is 0.383 e. The lowest BCUT2D eigenvalue weighted by Crippen LogP contribution is -2.46. The molecule has 0 aromatic carbocycles. The summed E-state index contributed by atoms with van der Waals surface area (Å²) in [6.07, 6.45) is 9.35. The van der Waals surface area contributed by atoms with Crippen LogP contribution in [0.25, 0.3) is 0 Å². The summed E-state index contributed by atoms with van der Waals surface area (Å²) < 4.78 is 5.02. The number of amides is 2. The Kier molecular flexibility index (Phi) is 6.90. The molecule has 5 nitrogen and oxygen atoms in total. The number of likely N-dealkylation sites (tertiary alicyclic amines) is 1. The van der Waals surface area contributed by atoms with Gasteiger partial charge in [-0.2, -0.15) is 0 Å². The first-order valence-electron chi connectivity index (χ1n) is 8.43. The van der Waals surface area contributed by atoms with E-state index >= 15 is 0 Å². The first kappa shape index (κ1) is 17.0. The third kappa shape index (κ3) is 5.13. The molecule has 22 heavy (non-hydrogen) atoms. The fourth-order valence-electron chi connectivity index (χ4n) is 3.17. The molecule has 2 rings (SSSR count). The molecule has 0 unspecified atom stereocenters. The number of carbonyl (C=O) groups is 2. The van der Waals surface area contributed by atoms with Crippen molar-refractivity contribution in [2.75, 3.05) is 33.4 Å². The Morgan fingerprint density at radius 1 is 1.41 bits per heavy atom.